The van der Waals surface area contributed by atoms with Crippen LogP contribution in [0.25, 0.3) is 11.6 Å². The first-order chi connectivity index (χ1) is 11.7. The highest BCUT2D eigenvalue weighted by molar-refractivity contribution is 5.75. The Morgan fingerprint density at radius 3 is 2.83 bits per heavy atom. The van der Waals surface area contributed by atoms with E-state index in [2.05, 4.69) is 15.2 Å². The van der Waals surface area contributed by atoms with Gasteiger partial charge in [0, 0.05) is 6.54 Å². The molecule has 24 heavy (non-hydrogen) atoms. The van der Waals surface area contributed by atoms with Gasteiger partial charge in [0.05, 0.1) is 6.20 Å². The molecule has 0 unspecified atom stereocenters. The summed E-state index contributed by atoms with van der Waals surface area (Å²) < 4.78 is 13.4. The molecule has 0 saturated carbocycles. The Kier molecular flexibility index (Phi) is 4.60. The van der Waals surface area contributed by atoms with Crippen LogP contribution < -0.4 is 4.74 Å². The summed E-state index contributed by atoms with van der Waals surface area (Å²) in [4.78, 5) is 4.23. The van der Waals surface area contributed by atoms with Crippen molar-refractivity contribution in [3.8, 4) is 17.3 Å². The number of ether oxygens (including phenoxy) is 1. The van der Waals surface area contributed by atoms with Gasteiger partial charge >= 0.3 is 0 Å². The molecule has 7 nitrogen and oxygen atoms in total. The maximum atomic E-state index is 8.61. The second-order valence-electron chi connectivity index (χ2n) is 5.17. The second-order valence-corrected chi connectivity index (χ2v) is 5.17. The highest BCUT2D eigenvalue weighted by Gasteiger charge is 2.22. The molecule has 1 N–H and O–H groups in total. The zero-order valence-corrected chi connectivity index (χ0v) is 13.5. The Morgan fingerprint density at radius 1 is 1.33 bits per heavy atom. The van der Waals surface area contributed by atoms with Crippen molar-refractivity contribution < 1.29 is 14.4 Å². The maximum Gasteiger partial charge on any atom is 0.249 e. The quantitative estimate of drug-likeness (QED) is 0.427. The molecule has 0 aliphatic rings. The van der Waals surface area contributed by atoms with Gasteiger partial charge in [-0.1, -0.05) is 35.5 Å². The molecule has 3 rings (SSSR count). The minimum atomic E-state index is 0.350. The zero-order chi connectivity index (χ0) is 16.9. The van der Waals surface area contributed by atoms with Gasteiger partial charge in [-0.25, -0.2) is 4.98 Å². The summed E-state index contributed by atoms with van der Waals surface area (Å²) in [6.07, 6.45) is 2.67. The van der Waals surface area contributed by atoms with Crippen molar-refractivity contribution in [3.05, 3.63) is 53.5 Å². The van der Waals surface area contributed by atoms with Crippen molar-refractivity contribution in [1.29, 1.82) is 0 Å². The van der Waals surface area contributed by atoms with Crippen LogP contribution >= 0.6 is 0 Å². The van der Waals surface area contributed by atoms with Crippen LogP contribution in [-0.2, 0) is 13.2 Å². The summed E-state index contributed by atoms with van der Waals surface area (Å²) in [6, 6.07) is 9.90. The lowest BCUT2D eigenvalue weighted by atomic mass is 10.2. The average Bonchev–Trinajstić information content (AvgIpc) is 3.18. The van der Waals surface area contributed by atoms with Crippen LogP contribution in [0.4, 0.5) is 0 Å². The van der Waals surface area contributed by atoms with Crippen LogP contribution in [-0.4, -0.2) is 26.2 Å². The third kappa shape index (κ3) is 3.15. The summed E-state index contributed by atoms with van der Waals surface area (Å²) in [7, 11) is 0. The van der Waals surface area contributed by atoms with Crippen LogP contribution in [0.15, 0.2) is 46.1 Å². The number of aromatic nitrogens is 3. The normalized spacial score (nSPS) is 11.2. The molecule has 7 heteroatoms. The van der Waals surface area contributed by atoms with Crippen molar-refractivity contribution in [2.75, 3.05) is 0 Å². The van der Waals surface area contributed by atoms with Crippen LogP contribution in [0, 0.1) is 6.92 Å². The Balaban J connectivity index is 1.94. The van der Waals surface area contributed by atoms with E-state index < -0.39 is 0 Å². The van der Waals surface area contributed by atoms with E-state index in [9.17, 15) is 0 Å². The van der Waals surface area contributed by atoms with E-state index in [1.807, 2.05) is 44.2 Å². The molecule has 0 aliphatic heterocycles. The van der Waals surface area contributed by atoms with Gasteiger partial charge in [0.2, 0.25) is 5.89 Å². The van der Waals surface area contributed by atoms with E-state index in [0.29, 0.717) is 36.2 Å². The van der Waals surface area contributed by atoms with Crippen LogP contribution in [0.3, 0.4) is 0 Å². The summed E-state index contributed by atoms with van der Waals surface area (Å²) >= 11 is 0. The lowest BCUT2D eigenvalue weighted by Gasteiger charge is -2.08. The van der Waals surface area contributed by atoms with Gasteiger partial charge in [0.1, 0.15) is 18.5 Å². The molecule has 2 aromatic heterocycles. The van der Waals surface area contributed by atoms with Gasteiger partial charge in [-0.2, -0.15) is 5.10 Å². The molecule has 0 bridgehead atoms. The number of oxime groups is 1. The number of hydrogen-bond donors (Lipinski definition) is 1. The summed E-state index contributed by atoms with van der Waals surface area (Å²) in [5, 5.41) is 16.0. The Morgan fingerprint density at radius 2 is 2.12 bits per heavy atom. The standard InChI is InChI=1S/C17H18N4O3/c1-3-21-15(17-18-9-14(24-17)10-19-22)16(12(2)20-21)23-11-13-7-5-4-6-8-13/h4-10,22H,3,11H2,1-2H3/b19-10+. The average molecular weight is 326 g/mol. The van der Waals surface area contributed by atoms with E-state index in [4.69, 9.17) is 14.4 Å². The number of hydrogen-bond acceptors (Lipinski definition) is 6. The van der Waals surface area contributed by atoms with Crippen LogP contribution in [0.5, 0.6) is 5.75 Å². The second kappa shape index (κ2) is 6.99. The molecule has 124 valence electrons. The fraction of sp³-hybridized carbons (Fsp3) is 0.235. The molecule has 0 fully saturated rings. The first-order valence-corrected chi connectivity index (χ1v) is 7.60. The van der Waals surface area contributed by atoms with Crippen molar-refractivity contribution in [3.63, 3.8) is 0 Å². The van der Waals surface area contributed by atoms with E-state index in [-0.39, 0.29) is 0 Å². The highest BCUT2D eigenvalue weighted by atomic mass is 16.5. The van der Waals surface area contributed by atoms with Crippen LogP contribution in [0.1, 0.15) is 23.9 Å². The molecule has 0 amide bonds. The predicted molar refractivity (Wildman–Crippen MR) is 88.3 cm³/mol. The van der Waals surface area contributed by atoms with Gasteiger partial charge in [-0.3, -0.25) is 4.68 Å². The first kappa shape index (κ1) is 15.8. The van der Waals surface area contributed by atoms with Crippen molar-refractivity contribution in [2.24, 2.45) is 5.16 Å². The maximum absolute atomic E-state index is 8.61. The van der Waals surface area contributed by atoms with Gasteiger partial charge in [0.25, 0.3) is 0 Å². The SMILES string of the molecule is CCn1nc(C)c(OCc2ccccc2)c1-c1ncc(/C=N/O)o1. The molecule has 0 aliphatic carbocycles. The third-order valence-corrected chi connectivity index (χ3v) is 3.51. The number of nitrogens with zero attached hydrogens (tertiary/aromatic N) is 4. The number of oxazole rings is 1. The summed E-state index contributed by atoms with van der Waals surface area (Å²) in [6.45, 7) is 4.94. The number of rotatable bonds is 6. The minimum Gasteiger partial charge on any atom is -0.484 e. The smallest absolute Gasteiger partial charge is 0.249 e. The Hall–Kier alpha value is -3.09. The van der Waals surface area contributed by atoms with E-state index in [1.54, 1.807) is 4.68 Å². The molecular formula is C17H18N4O3. The topological polar surface area (TPSA) is 85.7 Å². The zero-order valence-electron chi connectivity index (χ0n) is 13.5. The molecule has 1 aromatic carbocycles. The van der Waals surface area contributed by atoms with Gasteiger partial charge in [-0.15, -0.1) is 0 Å². The molecule has 3 aromatic rings. The van der Waals surface area contributed by atoms with E-state index >= 15 is 0 Å². The summed E-state index contributed by atoms with van der Waals surface area (Å²) in [5.41, 5.74) is 2.49. The number of aryl methyl sites for hydroxylation is 2. The summed E-state index contributed by atoms with van der Waals surface area (Å²) in [5.74, 6) is 1.36. The third-order valence-electron chi connectivity index (χ3n) is 3.51. The van der Waals surface area contributed by atoms with Crippen molar-refractivity contribution in [2.45, 2.75) is 27.0 Å². The number of benzene rings is 1. The molecule has 0 atom stereocenters. The van der Waals surface area contributed by atoms with E-state index in [0.717, 1.165) is 11.3 Å². The highest BCUT2D eigenvalue weighted by Crippen LogP contribution is 2.33. The minimum absolute atomic E-state index is 0.350. The van der Waals surface area contributed by atoms with Gasteiger partial charge < -0.3 is 14.4 Å². The Bertz CT molecular complexity index is 837. The lowest BCUT2D eigenvalue weighted by molar-refractivity contribution is 0.304. The predicted octanol–water partition coefficient (Wildman–Crippen LogP) is 3.25. The lowest BCUT2D eigenvalue weighted by Crippen LogP contribution is -2.01. The monoisotopic (exact) mass is 326 g/mol. The van der Waals surface area contributed by atoms with Gasteiger partial charge in [0.15, 0.2) is 17.2 Å². The first-order valence-electron chi connectivity index (χ1n) is 7.60. The molecular weight excluding hydrogens is 308 g/mol. The van der Waals surface area contributed by atoms with Gasteiger partial charge in [-0.05, 0) is 19.4 Å². The van der Waals surface area contributed by atoms with E-state index in [1.165, 1.54) is 12.4 Å². The fourth-order valence-corrected chi connectivity index (χ4v) is 2.42. The van der Waals surface area contributed by atoms with Crippen LogP contribution in [0.2, 0.25) is 0 Å². The van der Waals surface area contributed by atoms with Crippen molar-refractivity contribution >= 4 is 6.21 Å². The fourth-order valence-electron chi connectivity index (χ4n) is 2.42. The molecule has 2 heterocycles. The molecule has 0 radical (unpaired) electrons. The molecule has 0 spiro atoms. The Labute approximate surface area is 139 Å². The van der Waals surface area contributed by atoms with Crippen molar-refractivity contribution in [1.82, 2.24) is 14.8 Å². The molecule has 0 saturated heterocycles. The largest absolute Gasteiger partial charge is 0.484 e.